The van der Waals surface area contributed by atoms with E-state index in [1.807, 2.05) is 6.92 Å². The average molecular weight is 181 g/mol. The molecule has 3 heteroatoms. The van der Waals surface area contributed by atoms with Crippen LogP contribution in [0.1, 0.15) is 11.1 Å². The lowest BCUT2D eigenvalue weighted by Crippen LogP contribution is -1.94. The summed E-state index contributed by atoms with van der Waals surface area (Å²) in [5.74, 6) is -0.360. The van der Waals surface area contributed by atoms with Crippen LogP contribution < -0.4 is 5.73 Å². The van der Waals surface area contributed by atoms with Crippen LogP contribution in [0.3, 0.4) is 0 Å². The van der Waals surface area contributed by atoms with Gasteiger partial charge in [0, 0.05) is 5.69 Å². The SMILES string of the molecule is Cc1c(N)cc(F)cc1C=CCO. The van der Waals surface area contributed by atoms with Crippen molar-refractivity contribution in [2.45, 2.75) is 6.92 Å². The van der Waals surface area contributed by atoms with Gasteiger partial charge in [-0.25, -0.2) is 4.39 Å². The summed E-state index contributed by atoms with van der Waals surface area (Å²) in [7, 11) is 0. The molecule has 0 heterocycles. The van der Waals surface area contributed by atoms with Gasteiger partial charge in [-0.15, -0.1) is 0 Å². The zero-order chi connectivity index (χ0) is 9.84. The van der Waals surface area contributed by atoms with Gasteiger partial charge in [-0.2, -0.15) is 0 Å². The van der Waals surface area contributed by atoms with E-state index in [0.29, 0.717) is 11.3 Å². The minimum absolute atomic E-state index is 0.0597. The van der Waals surface area contributed by atoms with Crippen molar-refractivity contribution in [3.63, 3.8) is 0 Å². The Morgan fingerprint density at radius 3 is 2.85 bits per heavy atom. The van der Waals surface area contributed by atoms with Gasteiger partial charge in [0.25, 0.3) is 0 Å². The van der Waals surface area contributed by atoms with E-state index in [4.69, 9.17) is 10.8 Å². The first-order valence-electron chi connectivity index (χ1n) is 3.98. The maximum atomic E-state index is 12.9. The van der Waals surface area contributed by atoms with E-state index in [0.717, 1.165) is 5.56 Å². The van der Waals surface area contributed by atoms with Crippen molar-refractivity contribution in [1.82, 2.24) is 0 Å². The third-order valence-electron chi connectivity index (χ3n) is 1.86. The summed E-state index contributed by atoms with van der Waals surface area (Å²) in [6, 6.07) is 2.67. The fourth-order valence-corrected chi connectivity index (χ4v) is 1.07. The Balaban J connectivity index is 3.12. The molecule has 0 amide bonds. The number of hydrogen-bond acceptors (Lipinski definition) is 2. The highest BCUT2D eigenvalue weighted by molar-refractivity contribution is 5.62. The van der Waals surface area contributed by atoms with Crippen LogP contribution in [0, 0.1) is 12.7 Å². The van der Waals surface area contributed by atoms with Gasteiger partial charge in [0.15, 0.2) is 0 Å². The lowest BCUT2D eigenvalue weighted by molar-refractivity contribution is 0.343. The van der Waals surface area contributed by atoms with E-state index in [-0.39, 0.29) is 12.4 Å². The molecule has 1 aromatic rings. The number of nitrogens with two attached hydrogens (primary N) is 1. The second-order valence-electron chi connectivity index (χ2n) is 2.79. The molecule has 13 heavy (non-hydrogen) atoms. The topological polar surface area (TPSA) is 46.2 Å². The van der Waals surface area contributed by atoms with Crippen LogP contribution in [0.2, 0.25) is 0 Å². The molecule has 3 N–H and O–H groups in total. The first-order valence-corrected chi connectivity index (χ1v) is 3.98. The van der Waals surface area contributed by atoms with Gasteiger partial charge in [-0.1, -0.05) is 12.2 Å². The van der Waals surface area contributed by atoms with Crippen molar-refractivity contribution in [3.8, 4) is 0 Å². The van der Waals surface area contributed by atoms with Crippen LogP contribution in [0.15, 0.2) is 18.2 Å². The van der Waals surface area contributed by atoms with Gasteiger partial charge in [0.05, 0.1) is 6.61 Å². The Hall–Kier alpha value is -1.35. The molecule has 1 rings (SSSR count). The molecular weight excluding hydrogens is 169 g/mol. The van der Waals surface area contributed by atoms with Crippen molar-refractivity contribution in [1.29, 1.82) is 0 Å². The summed E-state index contributed by atoms with van der Waals surface area (Å²) in [4.78, 5) is 0. The van der Waals surface area contributed by atoms with E-state index in [1.54, 1.807) is 12.2 Å². The molecule has 1 aromatic carbocycles. The highest BCUT2D eigenvalue weighted by Crippen LogP contribution is 2.19. The summed E-state index contributed by atoms with van der Waals surface area (Å²) < 4.78 is 12.9. The summed E-state index contributed by atoms with van der Waals surface area (Å²) in [5, 5.41) is 8.55. The minimum Gasteiger partial charge on any atom is -0.398 e. The zero-order valence-corrected chi connectivity index (χ0v) is 7.42. The van der Waals surface area contributed by atoms with Gasteiger partial charge < -0.3 is 10.8 Å². The fraction of sp³-hybridized carbons (Fsp3) is 0.200. The first kappa shape index (κ1) is 9.74. The predicted octanol–water partition coefficient (Wildman–Crippen LogP) is 1.72. The third kappa shape index (κ3) is 2.29. The maximum Gasteiger partial charge on any atom is 0.125 e. The van der Waals surface area contributed by atoms with E-state index in [1.165, 1.54) is 12.1 Å². The number of rotatable bonds is 2. The summed E-state index contributed by atoms with van der Waals surface area (Å²) in [6.45, 7) is 1.75. The highest BCUT2D eigenvalue weighted by Gasteiger charge is 2.01. The number of aliphatic hydroxyl groups is 1. The summed E-state index contributed by atoms with van der Waals surface area (Å²) >= 11 is 0. The summed E-state index contributed by atoms with van der Waals surface area (Å²) in [6.07, 6.45) is 3.19. The van der Waals surface area contributed by atoms with E-state index < -0.39 is 0 Å². The molecule has 0 radical (unpaired) electrons. The van der Waals surface area contributed by atoms with Crippen LogP contribution in [0.25, 0.3) is 6.08 Å². The summed E-state index contributed by atoms with van der Waals surface area (Å²) in [5.41, 5.74) is 7.51. The zero-order valence-electron chi connectivity index (χ0n) is 7.42. The molecule has 0 fully saturated rings. The van der Waals surface area contributed by atoms with Gasteiger partial charge in [0.2, 0.25) is 0 Å². The standard InChI is InChI=1S/C10H12FNO/c1-7-8(3-2-4-13)5-9(11)6-10(7)12/h2-3,5-6,13H,4,12H2,1H3. The molecule has 0 aromatic heterocycles. The molecule has 0 atom stereocenters. The van der Waals surface area contributed by atoms with Gasteiger partial charge in [0.1, 0.15) is 5.82 Å². The molecule has 0 aliphatic rings. The van der Waals surface area contributed by atoms with E-state index >= 15 is 0 Å². The second kappa shape index (κ2) is 4.05. The Morgan fingerprint density at radius 1 is 1.54 bits per heavy atom. The van der Waals surface area contributed by atoms with Gasteiger partial charge >= 0.3 is 0 Å². The lowest BCUT2D eigenvalue weighted by Gasteiger charge is -2.04. The minimum atomic E-state index is -0.360. The molecule has 0 aliphatic heterocycles. The second-order valence-corrected chi connectivity index (χ2v) is 2.79. The Labute approximate surface area is 76.5 Å². The Morgan fingerprint density at radius 2 is 2.23 bits per heavy atom. The number of benzene rings is 1. The largest absolute Gasteiger partial charge is 0.398 e. The van der Waals surface area contributed by atoms with Gasteiger partial charge in [-0.3, -0.25) is 0 Å². The first-order chi connectivity index (χ1) is 6.15. The number of aliphatic hydroxyl groups excluding tert-OH is 1. The van der Waals surface area contributed by atoms with Crippen LogP contribution in [0.4, 0.5) is 10.1 Å². The number of hydrogen-bond donors (Lipinski definition) is 2. The van der Waals surface area contributed by atoms with Crippen molar-refractivity contribution in [2.24, 2.45) is 0 Å². The van der Waals surface area contributed by atoms with E-state index in [9.17, 15) is 4.39 Å². The molecule has 0 saturated heterocycles. The van der Waals surface area contributed by atoms with Crippen molar-refractivity contribution >= 4 is 11.8 Å². The molecule has 2 nitrogen and oxygen atoms in total. The van der Waals surface area contributed by atoms with Crippen LogP contribution in [-0.4, -0.2) is 11.7 Å². The van der Waals surface area contributed by atoms with Crippen LogP contribution in [0.5, 0.6) is 0 Å². The van der Waals surface area contributed by atoms with Crippen LogP contribution >= 0.6 is 0 Å². The lowest BCUT2D eigenvalue weighted by atomic mass is 10.1. The Kier molecular flexibility index (Phi) is 3.03. The molecule has 0 bridgehead atoms. The van der Waals surface area contributed by atoms with Gasteiger partial charge in [-0.05, 0) is 30.2 Å². The van der Waals surface area contributed by atoms with Crippen LogP contribution in [-0.2, 0) is 0 Å². The maximum absolute atomic E-state index is 12.9. The molecule has 0 unspecified atom stereocenters. The monoisotopic (exact) mass is 181 g/mol. The highest BCUT2D eigenvalue weighted by atomic mass is 19.1. The van der Waals surface area contributed by atoms with Crippen molar-refractivity contribution < 1.29 is 9.50 Å². The molecule has 0 aliphatic carbocycles. The number of halogens is 1. The molecule has 0 saturated carbocycles. The molecular formula is C10H12FNO. The van der Waals surface area contributed by atoms with Crippen molar-refractivity contribution in [2.75, 3.05) is 12.3 Å². The molecule has 70 valence electrons. The third-order valence-corrected chi connectivity index (χ3v) is 1.86. The quantitative estimate of drug-likeness (QED) is 0.682. The molecule has 0 spiro atoms. The smallest absolute Gasteiger partial charge is 0.125 e. The predicted molar refractivity (Wildman–Crippen MR) is 51.7 cm³/mol. The van der Waals surface area contributed by atoms with E-state index in [2.05, 4.69) is 0 Å². The van der Waals surface area contributed by atoms with Crippen molar-refractivity contribution in [3.05, 3.63) is 35.2 Å². The fourth-order valence-electron chi connectivity index (χ4n) is 1.07. The Bertz CT molecular complexity index is 334. The number of nitrogen functional groups attached to an aromatic ring is 1. The number of anilines is 1. The normalized spacial score (nSPS) is 11.0. The average Bonchev–Trinajstić information content (AvgIpc) is 2.09.